The molecule has 0 unspecified atom stereocenters. The van der Waals surface area contributed by atoms with Gasteiger partial charge in [0.1, 0.15) is 6.61 Å². The molecule has 4 nitrogen and oxygen atoms in total. The van der Waals surface area contributed by atoms with E-state index in [0.717, 1.165) is 27.3 Å². The minimum atomic E-state index is -0.348. The average Bonchev–Trinajstić information content (AvgIpc) is 3.26. The van der Waals surface area contributed by atoms with Crippen LogP contribution in [0.15, 0.2) is 59.5 Å². The van der Waals surface area contributed by atoms with Gasteiger partial charge in [-0.1, -0.05) is 47.7 Å². The average molecular weight is 422 g/mol. The minimum absolute atomic E-state index is 0.335. The minimum Gasteiger partial charge on any atom is -0.479 e. The lowest BCUT2D eigenvalue weighted by atomic mass is 9.95. The summed E-state index contributed by atoms with van der Waals surface area (Å²) in [7, 11) is 0. The van der Waals surface area contributed by atoms with Gasteiger partial charge in [-0.25, -0.2) is 0 Å². The summed E-state index contributed by atoms with van der Waals surface area (Å²) < 4.78 is 5.95. The normalized spacial score (nSPS) is 15.0. The highest BCUT2D eigenvalue weighted by molar-refractivity contribution is 8.18. The predicted molar refractivity (Wildman–Crippen MR) is 119 cm³/mol. The molecule has 1 aromatic heterocycles. The number of thiophene rings is 1. The summed E-state index contributed by atoms with van der Waals surface area (Å²) in [6, 6.07) is 18.5. The number of amides is 2. The zero-order valence-electron chi connectivity index (χ0n) is 16.0. The van der Waals surface area contributed by atoms with Crippen LogP contribution in [-0.4, -0.2) is 11.1 Å². The summed E-state index contributed by atoms with van der Waals surface area (Å²) in [5.41, 5.74) is 6.06. The van der Waals surface area contributed by atoms with Crippen LogP contribution in [0.4, 0.5) is 4.79 Å². The molecule has 1 aliphatic rings. The van der Waals surface area contributed by atoms with Crippen molar-refractivity contribution in [2.24, 2.45) is 0 Å². The molecule has 29 heavy (non-hydrogen) atoms. The third kappa shape index (κ3) is 4.44. The zero-order valence-corrected chi connectivity index (χ0v) is 17.7. The fourth-order valence-corrected chi connectivity index (χ4v) is 4.83. The van der Waals surface area contributed by atoms with Crippen LogP contribution in [0.2, 0.25) is 0 Å². The number of hydrogen-bond donors (Lipinski definition) is 1. The van der Waals surface area contributed by atoms with E-state index in [1.54, 1.807) is 6.08 Å². The molecule has 1 saturated heterocycles. The zero-order chi connectivity index (χ0) is 20.4. The van der Waals surface area contributed by atoms with Gasteiger partial charge in [-0.2, -0.15) is 0 Å². The maximum Gasteiger partial charge on any atom is 0.290 e. The van der Waals surface area contributed by atoms with Crippen LogP contribution in [-0.2, 0) is 11.4 Å². The Balaban J connectivity index is 1.47. The summed E-state index contributed by atoms with van der Waals surface area (Å²) in [5.74, 6) is -0.348. The molecule has 1 N–H and O–H groups in total. The van der Waals surface area contributed by atoms with E-state index in [9.17, 15) is 9.59 Å². The second-order valence-electron chi connectivity index (χ2n) is 6.76. The van der Waals surface area contributed by atoms with Crippen molar-refractivity contribution in [3.05, 3.63) is 81.1 Å². The molecule has 0 bridgehead atoms. The molecular formula is C23H19NO3S2. The molecule has 0 spiro atoms. The molecular weight excluding hydrogens is 402 g/mol. The highest BCUT2D eigenvalue weighted by Crippen LogP contribution is 2.32. The summed E-state index contributed by atoms with van der Waals surface area (Å²) in [4.78, 5) is 24.2. The van der Waals surface area contributed by atoms with Crippen molar-refractivity contribution >= 4 is 40.3 Å². The van der Waals surface area contributed by atoms with Crippen LogP contribution in [0.25, 0.3) is 17.2 Å². The first-order chi connectivity index (χ1) is 14.0. The van der Waals surface area contributed by atoms with E-state index in [4.69, 9.17) is 4.74 Å². The van der Waals surface area contributed by atoms with Crippen molar-refractivity contribution in [1.29, 1.82) is 0 Å². The van der Waals surface area contributed by atoms with Gasteiger partial charge in [0.25, 0.3) is 11.1 Å². The Morgan fingerprint density at radius 2 is 1.76 bits per heavy atom. The number of imide groups is 1. The first-order valence-corrected chi connectivity index (χ1v) is 10.8. The largest absolute Gasteiger partial charge is 0.479 e. The third-order valence-electron chi connectivity index (χ3n) is 4.60. The molecule has 1 aliphatic heterocycles. The van der Waals surface area contributed by atoms with Gasteiger partial charge in [0.15, 0.2) is 5.06 Å². The second-order valence-corrected chi connectivity index (χ2v) is 8.86. The molecule has 2 amide bonds. The number of nitrogens with one attached hydrogen (secondary N) is 1. The number of rotatable bonds is 5. The molecule has 0 saturated carbocycles. The Hall–Kier alpha value is -2.83. The first-order valence-electron chi connectivity index (χ1n) is 9.12. The van der Waals surface area contributed by atoms with Gasteiger partial charge in [0.05, 0.1) is 4.91 Å². The Kier molecular flexibility index (Phi) is 5.56. The number of thioether (sulfide) groups is 1. The molecule has 4 rings (SSSR count). The lowest BCUT2D eigenvalue weighted by Crippen LogP contribution is -2.17. The number of carbonyl (C=O) groups excluding carboxylic acids is 2. The van der Waals surface area contributed by atoms with Gasteiger partial charge in [0.2, 0.25) is 0 Å². The van der Waals surface area contributed by atoms with Crippen molar-refractivity contribution < 1.29 is 14.3 Å². The van der Waals surface area contributed by atoms with Gasteiger partial charge in [-0.15, -0.1) is 0 Å². The van der Waals surface area contributed by atoms with Crippen LogP contribution in [0.5, 0.6) is 5.06 Å². The van der Waals surface area contributed by atoms with E-state index >= 15 is 0 Å². The van der Waals surface area contributed by atoms with E-state index in [1.165, 1.54) is 33.6 Å². The highest BCUT2D eigenvalue weighted by atomic mass is 32.2. The lowest BCUT2D eigenvalue weighted by Gasteiger charge is -2.11. The van der Waals surface area contributed by atoms with Crippen LogP contribution >= 0.6 is 23.1 Å². The van der Waals surface area contributed by atoms with E-state index in [-0.39, 0.29) is 11.1 Å². The van der Waals surface area contributed by atoms with Crippen molar-refractivity contribution in [3.63, 3.8) is 0 Å². The molecule has 0 aliphatic carbocycles. The van der Waals surface area contributed by atoms with E-state index in [0.29, 0.717) is 11.5 Å². The van der Waals surface area contributed by atoms with Crippen molar-refractivity contribution in [1.82, 2.24) is 5.32 Å². The summed E-state index contributed by atoms with van der Waals surface area (Å²) >= 11 is 2.36. The molecule has 0 radical (unpaired) electrons. The number of benzene rings is 2. The van der Waals surface area contributed by atoms with Crippen molar-refractivity contribution in [3.8, 4) is 16.2 Å². The molecule has 3 aromatic rings. The van der Waals surface area contributed by atoms with Gasteiger partial charge < -0.3 is 4.74 Å². The van der Waals surface area contributed by atoms with E-state index < -0.39 is 0 Å². The van der Waals surface area contributed by atoms with E-state index in [2.05, 4.69) is 61.6 Å². The van der Waals surface area contributed by atoms with Gasteiger partial charge in [-0.05, 0) is 77.7 Å². The van der Waals surface area contributed by atoms with E-state index in [1.807, 2.05) is 12.1 Å². The standard InChI is InChI=1S/C23H19NO3S2/c1-14-5-3-6-15(2)21(14)17-8-4-7-16(11-17)13-27-20-10-9-18(28-20)12-19-22(25)24-23(26)29-19/h3-12H,13H2,1-2H3,(H,24,25,26). The number of aryl methyl sites for hydroxylation is 2. The molecule has 1 fully saturated rings. The summed E-state index contributed by atoms with van der Waals surface area (Å²) in [6.45, 7) is 4.72. The number of carbonyl (C=O) groups is 2. The predicted octanol–water partition coefficient (Wildman–Crippen LogP) is 5.93. The number of ether oxygens (including phenoxy) is 1. The Morgan fingerprint density at radius 3 is 2.48 bits per heavy atom. The molecule has 2 aromatic carbocycles. The lowest BCUT2D eigenvalue weighted by molar-refractivity contribution is -0.115. The monoisotopic (exact) mass is 421 g/mol. The number of hydrogen-bond acceptors (Lipinski definition) is 5. The van der Waals surface area contributed by atoms with Gasteiger partial charge in [0, 0.05) is 4.88 Å². The topological polar surface area (TPSA) is 55.4 Å². The summed E-state index contributed by atoms with van der Waals surface area (Å²) in [5, 5.41) is 2.69. The SMILES string of the molecule is Cc1cccc(C)c1-c1cccc(COc2ccc(C=C3SC(=O)NC3=O)s2)c1. The summed E-state index contributed by atoms with van der Waals surface area (Å²) in [6.07, 6.45) is 1.71. The van der Waals surface area contributed by atoms with Crippen LogP contribution < -0.4 is 10.1 Å². The van der Waals surface area contributed by atoms with Crippen molar-refractivity contribution in [2.75, 3.05) is 0 Å². The van der Waals surface area contributed by atoms with Crippen molar-refractivity contribution in [2.45, 2.75) is 20.5 Å². The molecule has 146 valence electrons. The Bertz CT molecular complexity index is 1110. The Labute approximate surface area is 177 Å². The van der Waals surface area contributed by atoms with Crippen LogP contribution in [0, 0.1) is 13.8 Å². The molecule has 6 heteroatoms. The first kappa shape index (κ1) is 19.5. The Morgan fingerprint density at radius 1 is 1.00 bits per heavy atom. The smallest absolute Gasteiger partial charge is 0.290 e. The van der Waals surface area contributed by atoms with Crippen LogP contribution in [0.3, 0.4) is 0 Å². The maximum atomic E-state index is 11.7. The second kappa shape index (κ2) is 8.27. The molecule has 2 heterocycles. The van der Waals surface area contributed by atoms with Gasteiger partial charge in [-0.3, -0.25) is 14.9 Å². The van der Waals surface area contributed by atoms with Gasteiger partial charge >= 0.3 is 0 Å². The quantitative estimate of drug-likeness (QED) is 0.519. The highest BCUT2D eigenvalue weighted by Gasteiger charge is 2.25. The fraction of sp³-hybridized carbons (Fsp3) is 0.130. The fourth-order valence-electron chi connectivity index (χ4n) is 3.28. The maximum absolute atomic E-state index is 11.7. The van der Waals surface area contributed by atoms with Crippen LogP contribution in [0.1, 0.15) is 21.6 Å². The molecule has 0 atom stereocenters. The third-order valence-corrected chi connectivity index (χ3v) is 6.35.